The van der Waals surface area contributed by atoms with Crippen molar-refractivity contribution >= 4 is 9.84 Å². The molecule has 2 unspecified atom stereocenters. The van der Waals surface area contributed by atoms with Crippen molar-refractivity contribution in [2.75, 3.05) is 12.8 Å². The molecule has 0 saturated carbocycles. The molecule has 0 aliphatic carbocycles. The van der Waals surface area contributed by atoms with Crippen LogP contribution in [-0.2, 0) is 9.84 Å². The monoisotopic (exact) mass is 235 g/mol. The van der Waals surface area contributed by atoms with Gasteiger partial charge in [-0.3, -0.25) is 0 Å². The van der Waals surface area contributed by atoms with Gasteiger partial charge in [-0.2, -0.15) is 0 Å². The van der Waals surface area contributed by atoms with Crippen LogP contribution in [-0.4, -0.2) is 32.5 Å². The highest BCUT2D eigenvalue weighted by Crippen LogP contribution is 2.19. The molecular formula is C11H25NO2S. The van der Waals surface area contributed by atoms with E-state index in [0.29, 0.717) is 5.92 Å². The summed E-state index contributed by atoms with van der Waals surface area (Å²) in [4.78, 5) is 0. The number of hydrogen-bond acceptors (Lipinski definition) is 3. The molecule has 0 bridgehead atoms. The highest BCUT2D eigenvalue weighted by molar-refractivity contribution is 7.91. The van der Waals surface area contributed by atoms with E-state index in [0.717, 1.165) is 19.4 Å². The van der Waals surface area contributed by atoms with E-state index in [9.17, 15) is 8.42 Å². The molecule has 4 heteroatoms. The van der Waals surface area contributed by atoms with Crippen molar-refractivity contribution in [3.05, 3.63) is 0 Å². The van der Waals surface area contributed by atoms with Crippen LogP contribution in [0.4, 0.5) is 0 Å². The quantitative estimate of drug-likeness (QED) is 0.732. The Morgan fingerprint density at radius 3 is 1.87 bits per heavy atom. The largest absolute Gasteiger partial charge is 0.313 e. The van der Waals surface area contributed by atoms with E-state index >= 15 is 0 Å². The van der Waals surface area contributed by atoms with Gasteiger partial charge in [0.25, 0.3) is 0 Å². The van der Waals surface area contributed by atoms with Gasteiger partial charge in [0, 0.05) is 12.3 Å². The molecule has 0 aliphatic rings. The van der Waals surface area contributed by atoms with Gasteiger partial charge >= 0.3 is 0 Å². The fraction of sp³-hybridized carbons (Fsp3) is 1.00. The third-order valence-corrected chi connectivity index (χ3v) is 4.82. The first-order valence-electron chi connectivity index (χ1n) is 5.80. The Balaban J connectivity index is 4.79. The van der Waals surface area contributed by atoms with Gasteiger partial charge in [-0.05, 0) is 19.4 Å². The Labute approximate surface area is 94.6 Å². The topological polar surface area (TPSA) is 46.2 Å². The molecule has 0 aliphatic heterocycles. The predicted octanol–water partition coefficient (Wildman–Crippen LogP) is 1.83. The number of rotatable bonds is 7. The Kier molecular flexibility index (Phi) is 6.44. The molecule has 0 rings (SSSR count). The maximum atomic E-state index is 11.5. The fourth-order valence-electron chi connectivity index (χ4n) is 2.01. The molecule has 0 radical (unpaired) electrons. The maximum absolute atomic E-state index is 11.5. The van der Waals surface area contributed by atoms with Crippen molar-refractivity contribution < 1.29 is 8.42 Å². The summed E-state index contributed by atoms with van der Waals surface area (Å²) >= 11 is 0. The minimum atomic E-state index is -2.95. The lowest BCUT2D eigenvalue weighted by atomic mass is 9.92. The minimum Gasteiger partial charge on any atom is -0.313 e. The third-order valence-electron chi connectivity index (χ3n) is 3.18. The molecule has 0 aromatic carbocycles. The zero-order valence-electron chi connectivity index (χ0n) is 10.6. The van der Waals surface area contributed by atoms with Crippen LogP contribution < -0.4 is 5.32 Å². The van der Waals surface area contributed by atoms with Gasteiger partial charge in [0.15, 0.2) is 9.84 Å². The van der Waals surface area contributed by atoms with E-state index in [1.54, 1.807) is 6.92 Å². The highest BCUT2D eigenvalue weighted by Gasteiger charge is 2.29. The van der Waals surface area contributed by atoms with Crippen LogP contribution in [0.3, 0.4) is 0 Å². The van der Waals surface area contributed by atoms with Gasteiger partial charge in [-0.25, -0.2) is 8.42 Å². The molecule has 0 fully saturated rings. The fourth-order valence-corrected chi connectivity index (χ4v) is 2.87. The third kappa shape index (κ3) is 4.51. The minimum absolute atomic E-state index is 0.0833. The van der Waals surface area contributed by atoms with Gasteiger partial charge in [0.1, 0.15) is 0 Å². The smallest absolute Gasteiger partial charge is 0.151 e. The molecule has 3 nitrogen and oxygen atoms in total. The summed E-state index contributed by atoms with van der Waals surface area (Å²) in [6.45, 7) is 8.88. The number of hydrogen-bond donors (Lipinski definition) is 1. The predicted molar refractivity (Wildman–Crippen MR) is 65.8 cm³/mol. The van der Waals surface area contributed by atoms with Gasteiger partial charge in [-0.1, -0.05) is 33.6 Å². The normalized spacial score (nSPS) is 16.7. The van der Waals surface area contributed by atoms with Gasteiger partial charge in [0.05, 0.1) is 5.25 Å². The lowest BCUT2D eigenvalue weighted by molar-refractivity contribution is 0.331. The standard InChI is InChI=1S/C11H25NO2S/c1-6-10(7-2)11(12-8-3)9(4)15(5,13)14/h9-12H,6-8H2,1-5H3. The second-order valence-corrected chi connectivity index (χ2v) is 6.60. The molecule has 2 atom stereocenters. The second-order valence-electron chi connectivity index (χ2n) is 4.19. The lowest BCUT2D eigenvalue weighted by Crippen LogP contribution is -2.47. The first-order valence-corrected chi connectivity index (χ1v) is 7.76. The van der Waals surface area contributed by atoms with Crippen molar-refractivity contribution in [1.29, 1.82) is 0 Å². The van der Waals surface area contributed by atoms with E-state index in [-0.39, 0.29) is 11.3 Å². The van der Waals surface area contributed by atoms with E-state index in [2.05, 4.69) is 19.2 Å². The van der Waals surface area contributed by atoms with E-state index in [1.165, 1.54) is 6.26 Å². The van der Waals surface area contributed by atoms with E-state index in [4.69, 9.17) is 0 Å². The molecule has 0 amide bonds. The summed E-state index contributed by atoms with van der Waals surface area (Å²) in [5.41, 5.74) is 0. The van der Waals surface area contributed by atoms with Crippen molar-refractivity contribution in [2.24, 2.45) is 5.92 Å². The highest BCUT2D eigenvalue weighted by atomic mass is 32.2. The summed E-state index contributed by atoms with van der Waals surface area (Å²) < 4.78 is 23.1. The molecule has 92 valence electrons. The Hall–Kier alpha value is -0.0900. The first kappa shape index (κ1) is 14.9. The second kappa shape index (κ2) is 6.48. The first-order chi connectivity index (χ1) is 6.88. The van der Waals surface area contributed by atoms with Crippen LogP contribution >= 0.6 is 0 Å². The van der Waals surface area contributed by atoms with Crippen LogP contribution in [0.1, 0.15) is 40.5 Å². The summed E-state index contributed by atoms with van der Waals surface area (Å²) in [7, 11) is -2.95. The molecule has 0 saturated heterocycles. The van der Waals surface area contributed by atoms with E-state index < -0.39 is 9.84 Å². The lowest BCUT2D eigenvalue weighted by Gasteiger charge is -2.30. The van der Waals surface area contributed by atoms with Crippen molar-refractivity contribution in [3.8, 4) is 0 Å². The summed E-state index contributed by atoms with van der Waals surface area (Å²) in [6, 6.07) is 0.0833. The molecule has 1 N–H and O–H groups in total. The van der Waals surface area contributed by atoms with E-state index in [1.807, 2.05) is 6.92 Å². The van der Waals surface area contributed by atoms with Crippen LogP contribution in [0.2, 0.25) is 0 Å². The Morgan fingerprint density at radius 1 is 1.13 bits per heavy atom. The molecule has 0 heterocycles. The maximum Gasteiger partial charge on any atom is 0.151 e. The zero-order chi connectivity index (χ0) is 12.1. The SMILES string of the molecule is CCNC(C(CC)CC)C(C)S(C)(=O)=O. The van der Waals surface area contributed by atoms with Crippen LogP contribution in [0.25, 0.3) is 0 Å². The molecule has 0 aromatic rings. The van der Waals surface area contributed by atoms with Gasteiger partial charge in [0.2, 0.25) is 0 Å². The summed E-state index contributed by atoms with van der Waals surface area (Å²) in [6.07, 6.45) is 3.37. The zero-order valence-corrected chi connectivity index (χ0v) is 11.4. The summed E-state index contributed by atoms with van der Waals surface area (Å²) in [5.74, 6) is 0.440. The Bertz CT molecular complexity index is 258. The van der Waals surface area contributed by atoms with Gasteiger partial charge < -0.3 is 5.32 Å². The number of nitrogens with one attached hydrogen (secondary N) is 1. The van der Waals surface area contributed by atoms with Crippen LogP contribution in [0.5, 0.6) is 0 Å². The van der Waals surface area contributed by atoms with Crippen molar-refractivity contribution in [1.82, 2.24) is 5.32 Å². The molecule has 0 aromatic heterocycles. The van der Waals surface area contributed by atoms with Crippen LogP contribution in [0, 0.1) is 5.92 Å². The molecule has 15 heavy (non-hydrogen) atoms. The number of sulfone groups is 1. The summed E-state index contributed by atoms with van der Waals surface area (Å²) in [5, 5.41) is 3.01. The molecule has 0 spiro atoms. The Morgan fingerprint density at radius 2 is 1.60 bits per heavy atom. The van der Waals surface area contributed by atoms with Crippen LogP contribution in [0.15, 0.2) is 0 Å². The van der Waals surface area contributed by atoms with Gasteiger partial charge in [-0.15, -0.1) is 0 Å². The van der Waals surface area contributed by atoms with Crippen molar-refractivity contribution in [2.45, 2.75) is 51.8 Å². The van der Waals surface area contributed by atoms with Crippen molar-refractivity contribution in [3.63, 3.8) is 0 Å². The average Bonchev–Trinajstić information content (AvgIpc) is 2.16. The molecular weight excluding hydrogens is 210 g/mol. The average molecular weight is 235 g/mol.